The zero-order valence-corrected chi connectivity index (χ0v) is 18.2. The van der Waals surface area contributed by atoms with Crippen molar-refractivity contribution >= 4 is 23.6 Å². The van der Waals surface area contributed by atoms with E-state index in [2.05, 4.69) is 16.2 Å². The van der Waals surface area contributed by atoms with Crippen molar-refractivity contribution in [3.8, 4) is 23.1 Å². The number of hydrogen-bond donors (Lipinski definition) is 0. The van der Waals surface area contributed by atoms with E-state index in [9.17, 15) is 9.59 Å². The highest BCUT2D eigenvalue weighted by molar-refractivity contribution is 6.02. The number of methoxy groups -OCH3 is 1. The third-order valence-corrected chi connectivity index (χ3v) is 5.25. The number of carbonyl (C=O) groups is 2. The fourth-order valence-corrected chi connectivity index (χ4v) is 3.71. The van der Waals surface area contributed by atoms with Gasteiger partial charge in [0.1, 0.15) is 0 Å². The normalized spacial score (nSPS) is 14.9. The lowest BCUT2D eigenvalue weighted by Crippen LogP contribution is -2.52. The average molecular weight is 446 g/mol. The van der Waals surface area contributed by atoms with E-state index < -0.39 is 12.2 Å². The number of nitriles is 1. The average Bonchev–Trinajstić information content (AvgIpc) is 3.31. The lowest BCUT2D eigenvalue weighted by atomic mass is 10.0. The number of pyridine rings is 1. The van der Waals surface area contributed by atoms with E-state index in [0.717, 1.165) is 11.1 Å². The molecule has 0 radical (unpaired) electrons. The monoisotopic (exact) mass is 446 g/mol. The highest BCUT2D eigenvalue weighted by Gasteiger charge is 2.36. The first kappa shape index (κ1) is 21.8. The summed E-state index contributed by atoms with van der Waals surface area (Å²) in [5.74, 6) is 0.182. The number of ether oxygens (including phenoxy) is 2. The van der Waals surface area contributed by atoms with Crippen LogP contribution in [-0.2, 0) is 11.3 Å². The number of carbonyl (C=O) groups excluding carboxylic acids is 2. The number of anilines is 2. The van der Waals surface area contributed by atoms with Gasteiger partial charge in [0.15, 0.2) is 0 Å². The van der Waals surface area contributed by atoms with Gasteiger partial charge in [0.25, 0.3) is 0 Å². The zero-order valence-electron chi connectivity index (χ0n) is 18.2. The Morgan fingerprint density at radius 1 is 1.18 bits per heavy atom. The van der Waals surface area contributed by atoms with Gasteiger partial charge in [-0.2, -0.15) is 10.4 Å². The van der Waals surface area contributed by atoms with Gasteiger partial charge in [-0.05, 0) is 30.7 Å². The third kappa shape index (κ3) is 4.48. The number of rotatable bonds is 4. The minimum Gasteiger partial charge on any atom is -0.452 e. The molecule has 2 amide bonds. The molecule has 0 N–H and O–H groups in total. The molecule has 3 heterocycles. The van der Waals surface area contributed by atoms with E-state index in [1.54, 1.807) is 35.1 Å². The lowest BCUT2D eigenvalue weighted by Gasteiger charge is -2.39. The summed E-state index contributed by atoms with van der Waals surface area (Å²) >= 11 is 0. The third-order valence-electron chi connectivity index (χ3n) is 5.25. The maximum absolute atomic E-state index is 13.1. The number of amides is 2. The quantitative estimate of drug-likeness (QED) is 0.598. The topological polar surface area (TPSA) is 114 Å². The van der Waals surface area contributed by atoms with Crippen molar-refractivity contribution in [3.05, 3.63) is 55.0 Å². The van der Waals surface area contributed by atoms with Gasteiger partial charge < -0.3 is 9.47 Å². The molecular weight excluding hydrogens is 424 g/mol. The summed E-state index contributed by atoms with van der Waals surface area (Å²) in [4.78, 5) is 32.6. The lowest BCUT2D eigenvalue weighted by molar-refractivity contribution is 0.175. The van der Waals surface area contributed by atoms with Gasteiger partial charge in [0.2, 0.25) is 5.88 Å². The molecule has 1 atom stereocenters. The van der Waals surface area contributed by atoms with Crippen LogP contribution >= 0.6 is 0 Å². The molecule has 10 nitrogen and oxygen atoms in total. The highest BCUT2D eigenvalue weighted by atomic mass is 16.6. The van der Waals surface area contributed by atoms with Crippen LogP contribution in [0.3, 0.4) is 0 Å². The molecule has 0 aliphatic carbocycles. The SMILES string of the molecule is COC(=O)N1c2ccc(-c3cnn(CCC#N)c3)cc2N(C(=O)Oc2ccccn2)C[C@@H]1C. The second-order valence-electron chi connectivity index (χ2n) is 7.44. The fourth-order valence-electron chi connectivity index (χ4n) is 3.71. The Bertz CT molecular complexity index is 1200. The smallest absolute Gasteiger partial charge is 0.421 e. The van der Waals surface area contributed by atoms with Crippen LogP contribution in [0.25, 0.3) is 11.1 Å². The first-order valence-electron chi connectivity index (χ1n) is 10.3. The van der Waals surface area contributed by atoms with Gasteiger partial charge in [-0.25, -0.2) is 14.6 Å². The van der Waals surface area contributed by atoms with Crippen LogP contribution in [0.4, 0.5) is 21.0 Å². The number of benzene rings is 1. The van der Waals surface area contributed by atoms with Gasteiger partial charge in [0.05, 0.1) is 56.3 Å². The van der Waals surface area contributed by atoms with Gasteiger partial charge in [-0.3, -0.25) is 14.5 Å². The molecule has 3 aromatic rings. The minimum atomic E-state index is -0.604. The molecule has 0 fully saturated rings. The first-order valence-corrected chi connectivity index (χ1v) is 10.3. The maximum Gasteiger partial charge on any atom is 0.421 e. The van der Waals surface area contributed by atoms with Crippen LogP contribution < -0.4 is 14.5 Å². The highest BCUT2D eigenvalue weighted by Crippen LogP contribution is 2.39. The maximum atomic E-state index is 13.1. The van der Waals surface area contributed by atoms with Crippen LogP contribution in [0.5, 0.6) is 5.88 Å². The Labute approximate surface area is 190 Å². The molecule has 33 heavy (non-hydrogen) atoms. The Morgan fingerprint density at radius 3 is 2.76 bits per heavy atom. The van der Waals surface area contributed by atoms with Crippen LogP contribution in [0.15, 0.2) is 55.0 Å². The first-order chi connectivity index (χ1) is 16.0. The van der Waals surface area contributed by atoms with Crippen LogP contribution in [0, 0.1) is 11.3 Å². The van der Waals surface area contributed by atoms with Gasteiger partial charge in [0, 0.05) is 24.0 Å². The van der Waals surface area contributed by atoms with E-state index in [1.165, 1.54) is 23.1 Å². The zero-order chi connectivity index (χ0) is 23.4. The Kier molecular flexibility index (Phi) is 6.22. The molecule has 4 rings (SSSR count). The summed E-state index contributed by atoms with van der Waals surface area (Å²) in [6.45, 7) is 2.52. The number of aryl methyl sites for hydroxylation is 1. The Morgan fingerprint density at radius 2 is 2.03 bits per heavy atom. The summed E-state index contributed by atoms with van der Waals surface area (Å²) in [5.41, 5.74) is 2.64. The van der Waals surface area contributed by atoms with Crippen molar-refractivity contribution in [2.45, 2.75) is 25.9 Å². The number of hydrogen-bond acceptors (Lipinski definition) is 7. The van der Waals surface area contributed by atoms with Crippen molar-refractivity contribution in [1.82, 2.24) is 14.8 Å². The molecule has 1 aliphatic rings. The van der Waals surface area contributed by atoms with Gasteiger partial charge >= 0.3 is 12.2 Å². The second kappa shape index (κ2) is 9.40. The predicted molar refractivity (Wildman–Crippen MR) is 120 cm³/mol. The van der Waals surface area contributed by atoms with E-state index in [1.807, 2.05) is 25.3 Å². The molecule has 0 bridgehead atoms. The predicted octanol–water partition coefficient (Wildman–Crippen LogP) is 3.84. The molecule has 2 aromatic heterocycles. The van der Waals surface area contributed by atoms with Gasteiger partial charge in [-0.15, -0.1) is 0 Å². The second-order valence-corrected chi connectivity index (χ2v) is 7.44. The van der Waals surface area contributed by atoms with E-state index in [4.69, 9.17) is 14.7 Å². The van der Waals surface area contributed by atoms with Crippen LogP contribution in [0.1, 0.15) is 13.3 Å². The summed E-state index contributed by atoms with van der Waals surface area (Å²) < 4.78 is 12.1. The molecular formula is C23H22N6O4. The van der Waals surface area contributed by atoms with E-state index >= 15 is 0 Å². The summed E-state index contributed by atoms with van der Waals surface area (Å²) in [7, 11) is 1.32. The molecule has 1 aromatic carbocycles. The van der Waals surface area contributed by atoms with Crippen molar-refractivity contribution in [2.75, 3.05) is 23.5 Å². The standard InChI is InChI=1S/C23H22N6O4/c1-16-14-28(22(30)33-21-6-3-4-10-25-21)20-12-17(7-8-19(20)29(16)23(31)32-2)18-13-26-27(15-18)11-5-9-24/h3-4,6-8,10,12-13,15-16H,5,11,14H2,1-2H3/t16-/m0/s1. The largest absolute Gasteiger partial charge is 0.452 e. The minimum absolute atomic E-state index is 0.182. The van der Waals surface area contributed by atoms with Crippen molar-refractivity contribution < 1.29 is 19.1 Å². The van der Waals surface area contributed by atoms with Gasteiger partial charge in [-0.1, -0.05) is 12.1 Å². The molecule has 0 spiro atoms. The molecule has 0 unspecified atom stereocenters. The summed E-state index contributed by atoms with van der Waals surface area (Å²) in [6.07, 6.45) is 4.30. The van der Waals surface area contributed by atoms with E-state index in [0.29, 0.717) is 24.3 Å². The Hall–Kier alpha value is -4.39. The molecule has 1 aliphatic heterocycles. The molecule has 0 saturated carbocycles. The van der Waals surface area contributed by atoms with Crippen molar-refractivity contribution in [3.63, 3.8) is 0 Å². The molecule has 0 saturated heterocycles. The fraction of sp³-hybridized carbons (Fsp3) is 0.261. The van der Waals surface area contributed by atoms with Crippen molar-refractivity contribution in [2.24, 2.45) is 0 Å². The number of fused-ring (bicyclic) bond motifs is 1. The number of nitrogens with zero attached hydrogens (tertiary/aromatic N) is 6. The Balaban J connectivity index is 1.72. The molecule has 168 valence electrons. The van der Waals surface area contributed by atoms with Crippen LogP contribution in [0.2, 0.25) is 0 Å². The van der Waals surface area contributed by atoms with E-state index in [-0.39, 0.29) is 18.5 Å². The van der Waals surface area contributed by atoms with Crippen LogP contribution in [-0.4, -0.2) is 46.6 Å². The summed E-state index contributed by atoms with van der Waals surface area (Å²) in [6, 6.07) is 12.2. The number of aromatic nitrogens is 3. The summed E-state index contributed by atoms with van der Waals surface area (Å²) in [5, 5.41) is 13.1. The van der Waals surface area contributed by atoms with Crippen molar-refractivity contribution in [1.29, 1.82) is 5.26 Å². The molecule has 10 heteroatoms.